The van der Waals surface area contributed by atoms with E-state index in [1.807, 2.05) is 6.92 Å². The topological polar surface area (TPSA) is 55.1 Å². The van der Waals surface area contributed by atoms with Gasteiger partial charge in [0, 0.05) is 5.69 Å². The first-order valence-corrected chi connectivity index (χ1v) is 6.59. The van der Waals surface area contributed by atoms with Crippen LogP contribution in [-0.4, -0.2) is 11.4 Å². The van der Waals surface area contributed by atoms with E-state index in [1.165, 1.54) is 12.1 Å². The number of hydrogen-bond acceptors (Lipinski definition) is 2. The monoisotopic (exact) mass is 264 g/mol. The highest BCUT2D eigenvalue weighted by atomic mass is 19.1. The van der Waals surface area contributed by atoms with Crippen LogP contribution in [0, 0.1) is 17.2 Å². The minimum atomic E-state index is -0.749. The molecule has 0 aromatic heterocycles. The van der Waals surface area contributed by atoms with Crippen LogP contribution in [0.1, 0.15) is 33.6 Å². The molecule has 0 radical (unpaired) electrons. The van der Waals surface area contributed by atoms with Gasteiger partial charge in [-0.15, -0.1) is 0 Å². The fourth-order valence-electron chi connectivity index (χ4n) is 3.35. The van der Waals surface area contributed by atoms with Gasteiger partial charge in [-0.2, -0.15) is 0 Å². The summed E-state index contributed by atoms with van der Waals surface area (Å²) in [6, 6.07) is 6.03. The first-order chi connectivity index (χ1) is 8.75. The van der Waals surface area contributed by atoms with Gasteiger partial charge in [0.2, 0.25) is 5.91 Å². The van der Waals surface area contributed by atoms with Crippen molar-refractivity contribution in [3.8, 4) is 0 Å². The lowest BCUT2D eigenvalue weighted by Gasteiger charge is -2.33. The molecule has 2 rings (SSSR count). The number of nitrogens with two attached hydrogens (primary N) is 1. The number of carbonyl (C=O) groups excluding carboxylic acids is 1. The van der Waals surface area contributed by atoms with Crippen LogP contribution in [0.15, 0.2) is 24.3 Å². The molecule has 0 heterocycles. The van der Waals surface area contributed by atoms with E-state index in [1.54, 1.807) is 12.1 Å². The molecule has 1 amide bonds. The molecule has 19 heavy (non-hydrogen) atoms. The van der Waals surface area contributed by atoms with E-state index in [9.17, 15) is 9.18 Å². The van der Waals surface area contributed by atoms with Crippen molar-refractivity contribution in [1.29, 1.82) is 0 Å². The molecule has 3 nitrogen and oxygen atoms in total. The van der Waals surface area contributed by atoms with Gasteiger partial charge in [-0.05, 0) is 48.4 Å². The van der Waals surface area contributed by atoms with Gasteiger partial charge in [-0.25, -0.2) is 4.39 Å². The van der Waals surface area contributed by atoms with E-state index in [0.717, 1.165) is 12.1 Å². The maximum atomic E-state index is 12.9. The maximum Gasteiger partial charge on any atom is 0.243 e. The van der Waals surface area contributed by atoms with E-state index in [0.29, 0.717) is 6.42 Å². The summed E-state index contributed by atoms with van der Waals surface area (Å²) in [4.78, 5) is 12.0. The molecular formula is C15H21FN2O. The molecular weight excluding hydrogens is 243 g/mol. The number of hydrogen-bond donors (Lipinski definition) is 2. The Bertz CT molecular complexity index is 483. The van der Waals surface area contributed by atoms with E-state index >= 15 is 0 Å². The Morgan fingerprint density at radius 1 is 1.37 bits per heavy atom. The summed E-state index contributed by atoms with van der Waals surface area (Å²) in [6.45, 7) is 6.32. The average molecular weight is 264 g/mol. The van der Waals surface area contributed by atoms with Crippen LogP contribution in [0.3, 0.4) is 0 Å². The lowest BCUT2D eigenvalue weighted by atomic mass is 9.85. The van der Waals surface area contributed by atoms with Gasteiger partial charge in [0.15, 0.2) is 0 Å². The van der Waals surface area contributed by atoms with Gasteiger partial charge in [-0.1, -0.05) is 20.8 Å². The zero-order valence-corrected chi connectivity index (χ0v) is 11.7. The molecule has 4 heteroatoms. The second-order valence-electron chi connectivity index (χ2n) is 6.41. The summed E-state index contributed by atoms with van der Waals surface area (Å²) in [5.74, 6) is -0.488. The lowest BCUT2D eigenvalue weighted by molar-refractivity contribution is -0.123. The summed E-state index contributed by atoms with van der Waals surface area (Å²) < 4.78 is 12.9. The van der Waals surface area contributed by atoms with Crippen LogP contribution in [0.2, 0.25) is 0 Å². The van der Waals surface area contributed by atoms with Crippen molar-refractivity contribution in [2.24, 2.45) is 17.1 Å². The Kier molecular flexibility index (Phi) is 3.29. The third-order valence-corrected chi connectivity index (χ3v) is 4.11. The highest BCUT2D eigenvalue weighted by molar-refractivity contribution is 5.89. The van der Waals surface area contributed by atoms with E-state index in [-0.39, 0.29) is 23.1 Å². The Morgan fingerprint density at radius 2 is 1.95 bits per heavy atom. The average Bonchev–Trinajstić information content (AvgIpc) is 2.53. The van der Waals surface area contributed by atoms with Crippen LogP contribution in [0.25, 0.3) is 0 Å². The van der Waals surface area contributed by atoms with Crippen molar-refractivity contribution in [2.45, 2.75) is 39.2 Å². The predicted molar refractivity (Wildman–Crippen MR) is 74.1 cm³/mol. The number of rotatable bonds is 3. The maximum absolute atomic E-state index is 12.9. The predicted octanol–water partition coefficient (Wildman–Crippen LogP) is 2.92. The van der Waals surface area contributed by atoms with Crippen LogP contribution in [-0.2, 0) is 4.79 Å². The van der Waals surface area contributed by atoms with E-state index in [4.69, 9.17) is 5.73 Å². The van der Waals surface area contributed by atoms with Gasteiger partial charge >= 0.3 is 0 Å². The summed E-state index contributed by atoms with van der Waals surface area (Å²) in [6.07, 6.45) is 1.62. The normalized spacial score (nSPS) is 29.2. The van der Waals surface area contributed by atoms with Crippen LogP contribution in [0.4, 0.5) is 10.1 Å². The highest BCUT2D eigenvalue weighted by Crippen LogP contribution is 2.48. The van der Waals surface area contributed by atoms with Crippen LogP contribution >= 0.6 is 0 Å². The molecule has 104 valence electrons. The highest BCUT2D eigenvalue weighted by Gasteiger charge is 2.52. The van der Waals surface area contributed by atoms with Crippen molar-refractivity contribution in [2.75, 3.05) is 5.32 Å². The molecule has 2 atom stereocenters. The third-order valence-electron chi connectivity index (χ3n) is 4.11. The molecule has 1 aromatic rings. The first-order valence-electron chi connectivity index (χ1n) is 6.59. The Hall–Kier alpha value is -1.58. The standard InChI is InChI=1S/C15H21FN2O/c1-10-8-14(2,3)9-15(10,13(17)19)18-12-6-4-11(16)5-7-12/h4-7,10,18H,8-9H2,1-3H3,(H2,17,19). The smallest absolute Gasteiger partial charge is 0.243 e. The van der Waals surface area contributed by atoms with Crippen molar-refractivity contribution in [3.63, 3.8) is 0 Å². The lowest BCUT2D eigenvalue weighted by Crippen LogP contribution is -2.52. The molecule has 0 aliphatic heterocycles. The zero-order chi connectivity index (χ0) is 14.3. The molecule has 1 fully saturated rings. The van der Waals surface area contributed by atoms with E-state index < -0.39 is 5.54 Å². The van der Waals surface area contributed by atoms with Gasteiger partial charge in [0.1, 0.15) is 11.4 Å². The fraction of sp³-hybridized carbons (Fsp3) is 0.533. The van der Waals surface area contributed by atoms with Crippen molar-refractivity contribution in [3.05, 3.63) is 30.1 Å². The summed E-state index contributed by atoms with van der Waals surface area (Å²) in [7, 11) is 0. The number of amides is 1. The largest absolute Gasteiger partial charge is 0.371 e. The number of anilines is 1. The number of carbonyl (C=O) groups is 1. The SMILES string of the molecule is CC1CC(C)(C)CC1(Nc1ccc(F)cc1)C(N)=O. The molecule has 1 aliphatic carbocycles. The second-order valence-corrected chi connectivity index (χ2v) is 6.41. The molecule has 1 aliphatic rings. The molecule has 3 N–H and O–H groups in total. The fourth-order valence-corrected chi connectivity index (χ4v) is 3.35. The molecule has 1 aromatic carbocycles. The van der Waals surface area contributed by atoms with Gasteiger partial charge in [0.25, 0.3) is 0 Å². The van der Waals surface area contributed by atoms with Crippen molar-refractivity contribution < 1.29 is 9.18 Å². The summed E-state index contributed by atoms with van der Waals surface area (Å²) in [5.41, 5.74) is 5.70. The Morgan fingerprint density at radius 3 is 2.37 bits per heavy atom. The minimum absolute atomic E-state index is 0.0709. The van der Waals surface area contributed by atoms with Gasteiger partial charge in [0.05, 0.1) is 0 Å². The number of benzene rings is 1. The Balaban J connectivity index is 2.31. The molecule has 1 saturated carbocycles. The minimum Gasteiger partial charge on any atom is -0.371 e. The molecule has 0 bridgehead atoms. The van der Waals surface area contributed by atoms with Crippen LogP contribution in [0.5, 0.6) is 0 Å². The van der Waals surface area contributed by atoms with Gasteiger partial charge < -0.3 is 11.1 Å². The van der Waals surface area contributed by atoms with Crippen molar-refractivity contribution >= 4 is 11.6 Å². The molecule has 0 spiro atoms. The number of nitrogens with one attached hydrogen (secondary N) is 1. The number of primary amides is 1. The molecule has 0 saturated heterocycles. The number of halogens is 1. The third kappa shape index (κ3) is 2.57. The summed E-state index contributed by atoms with van der Waals surface area (Å²) >= 11 is 0. The molecule has 2 unspecified atom stereocenters. The first kappa shape index (κ1) is 13.8. The zero-order valence-electron chi connectivity index (χ0n) is 11.7. The van der Waals surface area contributed by atoms with Crippen molar-refractivity contribution in [1.82, 2.24) is 0 Å². The van der Waals surface area contributed by atoms with Crippen LogP contribution < -0.4 is 11.1 Å². The van der Waals surface area contributed by atoms with E-state index in [2.05, 4.69) is 19.2 Å². The summed E-state index contributed by atoms with van der Waals surface area (Å²) in [5, 5.41) is 3.25. The second kappa shape index (κ2) is 4.51. The Labute approximate surface area is 113 Å². The van der Waals surface area contributed by atoms with Gasteiger partial charge in [-0.3, -0.25) is 4.79 Å². The quantitative estimate of drug-likeness (QED) is 0.882.